The summed E-state index contributed by atoms with van der Waals surface area (Å²) >= 11 is 5.82. The van der Waals surface area contributed by atoms with Gasteiger partial charge < -0.3 is 5.32 Å². The molecule has 5 heteroatoms. The van der Waals surface area contributed by atoms with E-state index < -0.39 is 0 Å². The molecule has 0 saturated carbocycles. The van der Waals surface area contributed by atoms with Gasteiger partial charge in [-0.1, -0.05) is 17.7 Å². The van der Waals surface area contributed by atoms with Crippen LogP contribution in [0, 0.1) is 18.7 Å². The molecule has 3 rings (SSSR count). The monoisotopic (exact) mass is 347 g/mol. The van der Waals surface area contributed by atoms with Gasteiger partial charge in [-0.15, -0.1) is 0 Å². The van der Waals surface area contributed by atoms with Gasteiger partial charge in [0.05, 0.1) is 5.02 Å². The van der Waals surface area contributed by atoms with Gasteiger partial charge in [-0.3, -0.25) is 9.88 Å². The molecule has 0 amide bonds. The highest BCUT2D eigenvalue weighted by molar-refractivity contribution is 6.30. The van der Waals surface area contributed by atoms with Crippen LogP contribution in [0.3, 0.4) is 0 Å². The SMILES string of the molecule is Cc1ccncc1CNCC1CCN(C)C1c1ccc(Cl)c(F)c1. The van der Waals surface area contributed by atoms with Crippen LogP contribution in [0.1, 0.15) is 29.2 Å². The summed E-state index contributed by atoms with van der Waals surface area (Å²) in [5.41, 5.74) is 3.47. The maximum atomic E-state index is 13.8. The van der Waals surface area contributed by atoms with Gasteiger partial charge in [0.25, 0.3) is 0 Å². The molecule has 1 saturated heterocycles. The van der Waals surface area contributed by atoms with Crippen molar-refractivity contribution in [3.05, 3.63) is 64.2 Å². The summed E-state index contributed by atoms with van der Waals surface area (Å²) < 4.78 is 13.8. The van der Waals surface area contributed by atoms with Crippen molar-refractivity contribution in [2.45, 2.75) is 25.9 Å². The molecule has 1 aromatic carbocycles. The number of hydrogen-bond acceptors (Lipinski definition) is 3. The maximum absolute atomic E-state index is 13.8. The summed E-state index contributed by atoms with van der Waals surface area (Å²) in [6.07, 6.45) is 4.83. The second kappa shape index (κ2) is 7.60. The lowest BCUT2D eigenvalue weighted by Gasteiger charge is -2.26. The van der Waals surface area contributed by atoms with E-state index in [1.807, 2.05) is 24.5 Å². The smallest absolute Gasteiger partial charge is 0.142 e. The summed E-state index contributed by atoms with van der Waals surface area (Å²) in [5.74, 6) is 0.111. The Morgan fingerprint density at radius 2 is 2.21 bits per heavy atom. The van der Waals surface area contributed by atoms with Crippen LogP contribution in [-0.4, -0.2) is 30.0 Å². The second-order valence-electron chi connectivity index (χ2n) is 6.58. The first-order valence-electron chi connectivity index (χ1n) is 8.31. The molecular weight excluding hydrogens is 325 g/mol. The number of benzene rings is 1. The third-order valence-electron chi connectivity index (χ3n) is 4.93. The Bertz CT molecular complexity index is 707. The van der Waals surface area contributed by atoms with Crippen molar-refractivity contribution in [2.24, 2.45) is 5.92 Å². The van der Waals surface area contributed by atoms with Crippen molar-refractivity contribution in [1.29, 1.82) is 0 Å². The van der Waals surface area contributed by atoms with Crippen LogP contribution in [0.2, 0.25) is 5.02 Å². The van der Waals surface area contributed by atoms with E-state index in [0.29, 0.717) is 5.92 Å². The Morgan fingerprint density at radius 3 is 2.96 bits per heavy atom. The lowest BCUT2D eigenvalue weighted by atomic mass is 9.93. The quantitative estimate of drug-likeness (QED) is 0.887. The highest BCUT2D eigenvalue weighted by Gasteiger charge is 2.32. The number of aryl methyl sites for hydroxylation is 1. The summed E-state index contributed by atoms with van der Waals surface area (Å²) in [7, 11) is 2.10. The fourth-order valence-corrected chi connectivity index (χ4v) is 3.65. The molecule has 2 heterocycles. The normalized spacial score (nSPS) is 21.3. The molecule has 2 atom stereocenters. The topological polar surface area (TPSA) is 28.2 Å². The van der Waals surface area contributed by atoms with Crippen LogP contribution in [0.5, 0.6) is 0 Å². The number of nitrogens with one attached hydrogen (secondary N) is 1. The summed E-state index contributed by atoms with van der Waals surface area (Å²) in [6.45, 7) is 4.82. The third-order valence-corrected chi connectivity index (χ3v) is 5.24. The molecule has 1 N–H and O–H groups in total. The molecule has 0 aliphatic carbocycles. The molecule has 1 aliphatic rings. The van der Waals surface area contributed by atoms with E-state index in [4.69, 9.17) is 11.6 Å². The minimum Gasteiger partial charge on any atom is -0.312 e. The highest BCUT2D eigenvalue weighted by atomic mass is 35.5. The lowest BCUT2D eigenvalue weighted by molar-refractivity contribution is 0.271. The average molecular weight is 348 g/mol. The van der Waals surface area contributed by atoms with Gasteiger partial charge in [0.15, 0.2) is 0 Å². The zero-order valence-electron chi connectivity index (χ0n) is 14.1. The summed E-state index contributed by atoms with van der Waals surface area (Å²) in [5, 5.41) is 3.73. The van der Waals surface area contributed by atoms with Crippen molar-refractivity contribution < 1.29 is 4.39 Å². The van der Waals surface area contributed by atoms with E-state index in [1.54, 1.807) is 12.1 Å². The van der Waals surface area contributed by atoms with Crippen LogP contribution in [0.15, 0.2) is 36.7 Å². The number of aromatic nitrogens is 1. The molecule has 1 aliphatic heterocycles. The minimum atomic E-state index is -0.341. The predicted molar refractivity (Wildman–Crippen MR) is 95.6 cm³/mol. The van der Waals surface area contributed by atoms with E-state index in [2.05, 4.69) is 29.2 Å². The molecule has 3 nitrogen and oxygen atoms in total. The highest BCUT2D eigenvalue weighted by Crippen LogP contribution is 2.36. The van der Waals surface area contributed by atoms with E-state index >= 15 is 0 Å². The number of pyridine rings is 1. The Balaban J connectivity index is 1.66. The molecule has 0 radical (unpaired) electrons. The molecule has 1 aromatic heterocycles. The molecule has 0 bridgehead atoms. The second-order valence-corrected chi connectivity index (χ2v) is 6.99. The van der Waals surface area contributed by atoms with Crippen molar-refractivity contribution in [3.8, 4) is 0 Å². The minimum absolute atomic E-state index is 0.182. The van der Waals surface area contributed by atoms with Crippen molar-refractivity contribution in [3.63, 3.8) is 0 Å². The zero-order chi connectivity index (χ0) is 17.1. The zero-order valence-corrected chi connectivity index (χ0v) is 14.9. The van der Waals surface area contributed by atoms with Crippen molar-refractivity contribution in [2.75, 3.05) is 20.1 Å². The number of rotatable bonds is 5. The lowest BCUT2D eigenvalue weighted by Crippen LogP contribution is -2.28. The first-order chi connectivity index (χ1) is 11.6. The number of likely N-dealkylation sites (tertiary alicyclic amines) is 1. The molecule has 24 heavy (non-hydrogen) atoms. The van der Waals surface area contributed by atoms with Crippen LogP contribution >= 0.6 is 11.6 Å². The van der Waals surface area contributed by atoms with Gasteiger partial charge in [0.2, 0.25) is 0 Å². The summed E-state index contributed by atoms with van der Waals surface area (Å²) in [6, 6.07) is 7.42. The fraction of sp³-hybridized carbons (Fsp3) is 0.421. The van der Waals surface area contributed by atoms with Gasteiger partial charge in [0.1, 0.15) is 5.82 Å². The molecule has 0 spiro atoms. The first-order valence-corrected chi connectivity index (χ1v) is 8.69. The largest absolute Gasteiger partial charge is 0.312 e. The standard InChI is InChI=1S/C19H23ClFN3/c1-13-5-7-22-11-16(13)12-23-10-15-6-8-24(2)19(15)14-3-4-17(20)18(21)9-14/h3-5,7,9,11,15,19,23H,6,8,10,12H2,1-2H3. The third kappa shape index (κ3) is 3.77. The average Bonchev–Trinajstić information content (AvgIpc) is 2.93. The Labute approximate surface area is 147 Å². The van der Waals surface area contributed by atoms with E-state index in [1.165, 1.54) is 11.1 Å². The van der Waals surface area contributed by atoms with E-state index in [0.717, 1.165) is 31.6 Å². The van der Waals surface area contributed by atoms with Crippen LogP contribution in [-0.2, 0) is 6.54 Å². The Kier molecular flexibility index (Phi) is 5.49. The maximum Gasteiger partial charge on any atom is 0.142 e. The van der Waals surface area contributed by atoms with Crippen LogP contribution < -0.4 is 5.32 Å². The first kappa shape index (κ1) is 17.3. The van der Waals surface area contributed by atoms with Gasteiger partial charge in [0, 0.05) is 31.5 Å². The number of hydrogen-bond donors (Lipinski definition) is 1. The van der Waals surface area contributed by atoms with Gasteiger partial charge in [-0.25, -0.2) is 4.39 Å². The molecule has 2 unspecified atom stereocenters. The van der Waals surface area contributed by atoms with E-state index in [9.17, 15) is 4.39 Å². The van der Waals surface area contributed by atoms with Crippen LogP contribution in [0.25, 0.3) is 0 Å². The van der Waals surface area contributed by atoms with Gasteiger partial charge in [-0.2, -0.15) is 0 Å². The van der Waals surface area contributed by atoms with Gasteiger partial charge >= 0.3 is 0 Å². The van der Waals surface area contributed by atoms with Crippen molar-refractivity contribution >= 4 is 11.6 Å². The predicted octanol–water partition coefficient (Wildman–Crippen LogP) is 3.97. The van der Waals surface area contributed by atoms with Crippen LogP contribution in [0.4, 0.5) is 4.39 Å². The molecule has 1 fully saturated rings. The Morgan fingerprint density at radius 1 is 1.38 bits per heavy atom. The van der Waals surface area contributed by atoms with E-state index in [-0.39, 0.29) is 16.9 Å². The number of nitrogens with zero attached hydrogens (tertiary/aromatic N) is 2. The number of halogens is 2. The Hall–Kier alpha value is -1.49. The molecular formula is C19H23ClFN3. The molecule has 128 valence electrons. The van der Waals surface area contributed by atoms with Gasteiger partial charge in [-0.05, 0) is 67.7 Å². The fourth-order valence-electron chi connectivity index (χ4n) is 3.54. The molecule has 2 aromatic rings. The summed E-state index contributed by atoms with van der Waals surface area (Å²) in [4.78, 5) is 6.48. The van der Waals surface area contributed by atoms with Crippen molar-refractivity contribution in [1.82, 2.24) is 15.2 Å².